The van der Waals surface area contributed by atoms with Crippen LogP contribution in [0.2, 0.25) is 0 Å². The Morgan fingerprint density at radius 3 is 2.67 bits per heavy atom. The molecule has 1 aromatic heterocycles. The lowest BCUT2D eigenvalue weighted by Crippen LogP contribution is -2.13. The first-order valence-corrected chi connectivity index (χ1v) is 7.16. The average molecular weight is 345 g/mol. The third-order valence-electron chi connectivity index (χ3n) is 3.16. The highest BCUT2D eigenvalue weighted by Crippen LogP contribution is 2.30. The van der Waals surface area contributed by atoms with Crippen LogP contribution in [0.25, 0.3) is 11.4 Å². The summed E-state index contributed by atoms with van der Waals surface area (Å²) < 4.78 is 0.842. The van der Waals surface area contributed by atoms with Gasteiger partial charge in [0.2, 0.25) is 0 Å². The van der Waals surface area contributed by atoms with Gasteiger partial charge >= 0.3 is 0 Å². The molecule has 0 saturated carbocycles. The molecule has 1 heterocycles. The minimum absolute atomic E-state index is 0.122. The molecule has 2 aromatic carbocycles. The largest absolute Gasteiger partial charge is 0.507 e. The third-order valence-corrected chi connectivity index (χ3v) is 3.65. The van der Waals surface area contributed by atoms with Gasteiger partial charge in [-0.1, -0.05) is 46.3 Å². The Balaban J connectivity index is 1.95. The number of hydrogen-bond acceptors (Lipinski definition) is 4. The quantitative estimate of drug-likeness (QED) is 0.681. The van der Waals surface area contributed by atoms with Gasteiger partial charge in [0.25, 0.3) is 0 Å². The van der Waals surface area contributed by atoms with E-state index in [9.17, 15) is 5.11 Å². The van der Waals surface area contributed by atoms with Crippen LogP contribution >= 0.6 is 15.9 Å². The van der Waals surface area contributed by atoms with Crippen LogP contribution in [-0.2, 0) is 0 Å². The Hall–Kier alpha value is -2.18. The van der Waals surface area contributed by atoms with Gasteiger partial charge in [0.1, 0.15) is 11.6 Å². The Morgan fingerprint density at radius 2 is 1.90 bits per heavy atom. The molecule has 0 fully saturated rings. The van der Waals surface area contributed by atoms with Gasteiger partial charge in [-0.05, 0) is 23.8 Å². The highest BCUT2D eigenvalue weighted by Gasteiger charge is 2.16. The number of nitrogens with two attached hydrogens (primary N) is 1. The van der Waals surface area contributed by atoms with Crippen LogP contribution in [0.4, 0.5) is 0 Å². The minimum atomic E-state index is -0.387. The van der Waals surface area contributed by atoms with E-state index in [0.717, 1.165) is 10.0 Å². The normalized spacial score (nSPS) is 12.3. The van der Waals surface area contributed by atoms with E-state index in [2.05, 4.69) is 31.1 Å². The summed E-state index contributed by atoms with van der Waals surface area (Å²) in [4.78, 5) is 4.39. The molecular formula is C15H13BrN4O. The zero-order valence-corrected chi connectivity index (χ0v) is 12.6. The van der Waals surface area contributed by atoms with Crippen molar-refractivity contribution in [2.75, 3.05) is 0 Å². The second-order valence-corrected chi connectivity index (χ2v) is 5.51. The van der Waals surface area contributed by atoms with Crippen LogP contribution in [0.1, 0.15) is 17.4 Å². The number of rotatable bonds is 3. The van der Waals surface area contributed by atoms with Crippen molar-refractivity contribution in [1.82, 2.24) is 15.2 Å². The van der Waals surface area contributed by atoms with Crippen LogP contribution in [0, 0.1) is 0 Å². The molecule has 0 radical (unpaired) electrons. The molecule has 5 nitrogen and oxygen atoms in total. The van der Waals surface area contributed by atoms with Gasteiger partial charge in [-0.15, -0.1) is 0 Å². The van der Waals surface area contributed by atoms with Crippen LogP contribution in [0.15, 0.2) is 53.0 Å². The maximum absolute atomic E-state index is 9.91. The standard InChI is InChI=1S/C15H13BrN4O/c16-10-6-7-12(21)11(8-10)14-18-15(20-19-14)13(17)9-4-2-1-3-5-9/h1-8,13,21H,17H2,(H,18,19,20). The van der Waals surface area contributed by atoms with Gasteiger partial charge in [0.15, 0.2) is 5.82 Å². The summed E-state index contributed by atoms with van der Waals surface area (Å²) in [5.41, 5.74) is 7.66. The van der Waals surface area contributed by atoms with Crippen molar-refractivity contribution in [3.05, 3.63) is 64.4 Å². The number of nitrogens with zero attached hydrogens (tertiary/aromatic N) is 2. The second kappa shape index (κ2) is 5.67. The lowest BCUT2D eigenvalue weighted by atomic mass is 10.1. The Kier molecular flexibility index (Phi) is 3.72. The van der Waals surface area contributed by atoms with E-state index < -0.39 is 0 Å². The van der Waals surface area contributed by atoms with E-state index in [0.29, 0.717) is 17.2 Å². The van der Waals surface area contributed by atoms with Crippen molar-refractivity contribution in [2.24, 2.45) is 5.73 Å². The summed E-state index contributed by atoms with van der Waals surface area (Å²) in [6.07, 6.45) is 0. The fourth-order valence-corrected chi connectivity index (χ4v) is 2.40. The Morgan fingerprint density at radius 1 is 1.14 bits per heavy atom. The van der Waals surface area contributed by atoms with E-state index in [1.165, 1.54) is 0 Å². The molecule has 0 spiro atoms. The Labute approximate surface area is 130 Å². The summed E-state index contributed by atoms with van der Waals surface area (Å²) in [7, 11) is 0. The van der Waals surface area contributed by atoms with Crippen molar-refractivity contribution < 1.29 is 5.11 Å². The van der Waals surface area contributed by atoms with Gasteiger partial charge < -0.3 is 10.8 Å². The van der Waals surface area contributed by atoms with Gasteiger partial charge in [0.05, 0.1) is 11.6 Å². The molecule has 1 unspecified atom stereocenters. The number of benzene rings is 2. The first-order chi connectivity index (χ1) is 10.1. The molecule has 4 N–H and O–H groups in total. The summed E-state index contributed by atoms with van der Waals surface area (Å²) in [5.74, 6) is 1.09. The Bertz CT molecular complexity index is 757. The number of aromatic amines is 1. The minimum Gasteiger partial charge on any atom is -0.507 e. The molecule has 0 amide bonds. The third kappa shape index (κ3) is 2.81. The van der Waals surface area contributed by atoms with E-state index in [4.69, 9.17) is 5.73 Å². The predicted octanol–water partition coefficient (Wildman–Crippen LogP) is 2.99. The van der Waals surface area contributed by atoms with E-state index in [1.807, 2.05) is 30.3 Å². The van der Waals surface area contributed by atoms with Crippen LogP contribution < -0.4 is 5.73 Å². The van der Waals surface area contributed by atoms with E-state index in [-0.39, 0.29) is 11.8 Å². The number of aromatic hydroxyl groups is 1. The van der Waals surface area contributed by atoms with Crippen molar-refractivity contribution in [3.8, 4) is 17.1 Å². The van der Waals surface area contributed by atoms with Gasteiger partial charge in [-0.2, -0.15) is 5.10 Å². The molecule has 0 aliphatic carbocycles. The molecule has 21 heavy (non-hydrogen) atoms. The molecule has 1 atom stereocenters. The molecule has 0 saturated heterocycles. The number of phenolic OH excluding ortho intramolecular Hbond substituents is 1. The number of nitrogens with one attached hydrogen (secondary N) is 1. The summed E-state index contributed by atoms with van der Waals surface area (Å²) in [6.45, 7) is 0. The first-order valence-electron chi connectivity index (χ1n) is 6.37. The topological polar surface area (TPSA) is 87.8 Å². The zero-order valence-electron chi connectivity index (χ0n) is 11.0. The second-order valence-electron chi connectivity index (χ2n) is 4.59. The molecule has 0 bridgehead atoms. The van der Waals surface area contributed by atoms with Gasteiger partial charge in [-0.25, -0.2) is 4.98 Å². The fraction of sp³-hybridized carbons (Fsp3) is 0.0667. The number of H-pyrrole nitrogens is 1. The number of hydrogen-bond donors (Lipinski definition) is 3. The van der Waals surface area contributed by atoms with Crippen LogP contribution in [0.3, 0.4) is 0 Å². The van der Waals surface area contributed by atoms with Gasteiger partial charge in [0, 0.05) is 4.47 Å². The van der Waals surface area contributed by atoms with Crippen molar-refractivity contribution in [2.45, 2.75) is 6.04 Å². The molecule has 0 aliphatic rings. The van der Waals surface area contributed by atoms with Crippen molar-refractivity contribution >= 4 is 15.9 Å². The highest BCUT2D eigenvalue weighted by molar-refractivity contribution is 9.10. The molecule has 0 aliphatic heterocycles. The van der Waals surface area contributed by atoms with Crippen LogP contribution in [-0.4, -0.2) is 20.3 Å². The van der Waals surface area contributed by atoms with Crippen molar-refractivity contribution in [3.63, 3.8) is 0 Å². The predicted molar refractivity (Wildman–Crippen MR) is 83.7 cm³/mol. The number of phenols is 1. The maximum atomic E-state index is 9.91. The van der Waals surface area contributed by atoms with Gasteiger partial charge in [-0.3, -0.25) is 5.10 Å². The first kappa shape index (κ1) is 13.8. The summed E-state index contributed by atoms with van der Waals surface area (Å²) in [5, 5.41) is 16.9. The molecule has 3 rings (SSSR count). The number of halogens is 1. The highest BCUT2D eigenvalue weighted by atomic mass is 79.9. The lowest BCUT2D eigenvalue weighted by Gasteiger charge is -2.07. The molecule has 6 heteroatoms. The molecule has 3 aromatic rings. The summed E-state index contributed by atoms with van der Waals surface area (Å²) in [6, 6.07) is 14.4. The van der Waals surface area contributed by atoms with Crippen LogP contribution in [0.5, 0.6) is 5.75 Å². The lowest BCUT2D eigenvalue weighted by molar-refractivity contribution is 0.477. The zero-order chi connectivity index (χ0) is 14.8. The molecular weight excluding hydrogens is 332 g/mol. The van der Waals surface area contributed by atoms with E-state index in [1.54, 1.807) is 18.2 Å². The SMILES string of the molecule is NC(c1ccccc1)c1nc(-c2cc(Br)ccc2O)n[nH]1. The fourth-order valence-electron chi connectivity index (χ4n) is 2.04. The number of aromatic nitrogens is 3. The van der Waals surface area contributed by atoms with E-state index >= 15 is 0 Å². The van der Waals surface area contributed by atoms with Crippen molar-refractivity contribution in [1.29, 1.82) is 0 Å². The molecule has 106 valence electrons. The smallest absolute Gasteiger partial charge is 0.184 e. The monoisotopic (exact) mass is 344 g/mol. The summed E-state index contributed by atoms with van der Waals surface area (Å²) >= 11 is 3.36. The average Bonchev–Trinajstić information content (AvgIpc) is 2.99. The maximum Gasteiger partial charge on any atom is 0.184 e.